The van der Waals surface area contributed by atoms with Crippen molar-refractivity contribution in [2.45, 2.75) is 185 Å². The molecule has 2 aliphatic rings. The number of aliphatic hydroxyl groups excluding tert-OH is 3. The average Bonchev–Trinajstić information content (AvgIpc) is 1.61. The van der Waals surface area contributed by atoms with E-state index in [0.29, 0.717) is 36.5 Å². The van der Waals surface area contributed by atoms with Gasteiger partial charge in [0.15, 0.2) is 12.5 Å². The maximum atomic E-state index is 14.2. The quantitative estimate of drug-likeness (QED) is 0.00589. The van der Waals surface area contributed by atoms with Crippen LogP contribution in [-0.2, 0) is 56.3 Å². The summed E-state index contributed by atoms with van der Waals surface area (Å²) in [5, 5.41) is 68.6. The molecule has 628 valence electrons. The van der Waals surface area contributed by atoms with Crippen LogP contribution in [-0.4, -0.2) is 155 Å². The van der Waals surface area contributed by atoms with Crippen LogP contribution in [0.3, 0.4) is 0 Å². The van der Waals surface area contributed by atoms with Crippen molar-refractivity contribution in [2.75, 3.05) is 33.0 Å². The van der Waals surface area contributed by atoms with Crippen LogP contribution in [0.15, 0.2) is 171 Å². The van der Waals surface area contributed by atoms with Gasteiger partial charge in [-0.3, -0.25) is 52.2 Å². The van der Waals surface area contributed by atoms with Gasteiger partial charge in [0.05, 0.1) is 38.7 Å². The smallest absolute Gasteiger partial charge is 0.459 e. The van der Waals surface area contributed by atoms with Gasteiger partial charge in [0.25, 0.3) is 11.1 Å². The first-order valence-electron chi connectivity index (χ1n) is 37.4. The molecule has 0 bridgehead atoms. The van der Waals surface area contributed by atoms with Gasteiger partial charge in [-0.1, -0.05) is 182 Å². The molecule has 2 aliphatic heterocycles. The van der Waals surface area contributed by atoms with Gasteiger partial charge in [-0.2, -0.15) is 5.09 Å². The zero-order chi connectivity index (χ0) is 85.0. The fourth-order valence-electron chi connectivity index (χ4n) is 11.7. The van der Waals surface area contributed by atoms with Crippen LogP contribution in [0.5, 0.6) is 17.2 Å². The lowest BCUT2D eigenvalue weighted by molar-refractivity contribution is -0.146. The predicted molar refractivity (Wildman–Crippen MR) is 439 cm³/mol. The van der Waals surface area contributed by atoms with Crippen molar-refractivity contribution in [1.29, 1.82) is 0 Å². The monoisotopic (exact) mass is 1730 g/mol. The Hall–Kier alpha value is -8.49. The molecule has 4 heterocycles. The molecule has 0 saturated carbocycles. The summed E-state index contributed by atoms with van der Waals surface area (Å²) < 4.78 is 91.6. The Bertz CT molecular complexity index is 5150. The van der Waals surface area contributed by atoms with Crippen LogP contribution in [0.4, 0.5) is 0 Å². The molecular formula is C79H97Cl3N7O24P3. The number of aromatic amines is 2. The van der Waals surface area contributed by atoms with E-state index in [9.17, 15) is 67.7 Å². The van der Waals surface area contributed by atoms with Crippen LogP contribution in [0.25, 0.3) is 32.3 Å². The van der Waals surface area contributed by atoms with Crippen LogP contribution < -0.4 is 51.3 Å². The first-order valence-corrected chi connectivity index (χ1v) is 43.9. The van der Waals surface area contributed by atoms with Gasteiger partial charge in [0, 0.05) is 62.7 Å². The Morgan fingerprint density at radius 1 is 0.517 bits per heavy atom. The average molecular weight is 1730 g/mol. The van der Waals surface area contributed by atoms with Gasteiger partial charge in [-0.25, -0.2) is 28.9 Å². The fraction of sp³-hybridized carbons (Fsp3) is 0.430. The second kappa shape index (κ2) is 44.9. The van der Waals surface area contributed by atoms with E-state index >= 15 is 0 Å². The fourth-order valence-corrected chi connectivity index (χ4v) is 16.8. The summed E-state index contributed by atoms with van der Waals surface area (Å²) >= 11 is 16.8. The Balaban J connectivity index is 0.000000224. The number of hydrogen-bond donors (Lipinski definition) is 10. The van der Waals surface area contributed by atoms with Crippen LogP contribution in [0.1, 0.15) is 126 Å². The number of unbranched alkanes of at least 4 members (excludes halogenated alkanes) is 6. The molecule has 0 radical (unpaired) electrons. The first-order chi connectivity index (χ1) is 55.2. The summed E-state index contributed by atoms with van der Waals surface area (Å²) in [7, 11) is -7.77. The number of nitrogens with one attached hydrogen (secondary N) is 5. The van der Waals surface area contributed by atoms with Gasteiger partial charge in [-0.15, -0.1) is 0 Å². The van der Waals surface area contributed by atoms with Crippen LogP contribution in [0.2, 0.25) is 0 Å². The number of rotatable bonds is 34. The van der Waals surface area contributed by atoms with Crippen LogP contribution in [0, 0.1) is 22.6 Å². The molecule has 0 aliphatic carbocycles. The van der Waals surface area contributed by atoms with Gasteiger partial charge in [0.1, 0.15) is 59.8 Å². The third-order valence-electron chi connectivity index (χ3n) is 18.0. The third kappa shape index (κ3) is 26.0. The minimum atomic E-state index is -4.45. The SMILES string of the molecule is CCCCCOC(=O)[C@H](C)NP(=O)(Cl)Oc1cccc2ccccc12.CCCCCOC(=O)[C@H](C)NP(=O)(OC[C@H]1O[C@@H](n2ccc(=O)[nH]c2=O)[C@@](O)(C#CCl)[C@@H]1O)Oc1cccc2ccccc12.CCCCCOC(=O)[C@H](C)NP(=O)(Oc1cccc2ccccc12)C(C)C.O=c1ccn([C@@H]2O[C@H](CO)[C@@H](O)[C@]2(O)C#CCl)c(=O)[nH]1. The number of esters is 3. The molecule has 14 atom stereocenters. The number of aliphatic hydroxyl groups is 5. The molecule has 2 saturated heterocycles. The largest absolute Gasteiger partial charge is 0.465 e. The Labute approximate surface area is 684 Å². The van der Waals surface area contributed by atoms with Crippen molar-refractivity contribution in [3.8, 4) is 39.8 Å². The van der Waals surface area contributed by atoms with Crippen LogP contribution >= 0.6 is 56.6 Å². The zero-order valence-electron chi connectivity index (χ0n) is 65.0. The molecular weight excluding hydrogens is 1630 g/mol. The summed E-state index contributed by atoms with van der Waals surface area (Å²) in [5.41, 5.74) is -8.08. The zero-order valence-corrected chi connectivity index (χ0v) is 69.9. The molecule has 10 N–H and O–H groups in total. The minimum absolute atomic E-state index is 0.178. The lowest BCUT2D eigenvalue weighted by Crippen LogP contribution is -2.48. The molecule has 0 spiro atoms. The molecule has 3 unspecified atom stereocenters. The lowest BCUT2D eigenvalue weighted by atomic mass is 9.95. The van der Waals surface area contributed by atoms with Gasteiger partial charge in [0.2, 0.25) is 11.2 Å². The van der Waals surface area contributed by atoms with Crippen molar-refractivity contribution < 1.29 is 95.4 Å². The maximum absolute atomic E-state index is 14.2. The second-order valence-electron chi connectivity index (χ2n) is 27.1. The first kappa shape index (κ1) is 94.7. The number of carbonyl (C=O) groups is 3. The van der Waals surface area contributed by atoms with E-state index < -0.39 is 142 Å². The number of nitrogens with zero attached hydrogens (tertiary/aromatic N) is 2. The molecule has 116 heavy (non-hydrogen) atoms. The standard InChI is InChI=1S/C29H33ClN3O10P.C21H30NO4P.C18H23ClNO4P.C11H11ClN2O6/c1-3-4-7-17-40-26(36)19(2)32-44(39,43-22-12-8-10-20-9-5-6-11-21(20)22)41-18-23-25(35)29(38,14-15-30)27(42-23)33-16-13-24(34)31-28(33)37;1-5-6-9-15-25-21(23)17(4)22-27(24,16(2)3)26-20-14-10-12-18-11-7-8-13-19(18)20;1-3-4-7-13-23-18(21)14(2)20-25(19,22)24-17-12-8-10-15-9-5-6-11-16(15)17;12-3-2-11(19)8(17)6(5-15)20-9(11)14-4-1-7(16)13-10(14)18/h5-6,8-13,16,19,23,25,27,35,38H,3-4,7,17-18H2,1-2H3,(H,32,39)(H,31,34,37);7-8,10-14,16-17H,5-6,9,15H2,1-4H3,(H,22,24);5-6,8-12,14H,3-4,7,13H2,1-2H3,(H,20,22);1,4,6,8-9,15,17,19H,5H2,(H,13,16,18)/t19-,23+,25+,27+,29+,44?;17-,27?;14-,25?;6-,8-,9-,11-/m0001/s1. The number of fused-ring (bicyclic) bond motifs is 3. The minimum Gasteiger partial charge on any atom is -0.465 e. The number of benzene rings is 6. The van der Waals surface area contributed by atoms with E-state index in [1.165, 1.54) is 6.92 Å². The van der Waals surface area contributed by atoms with Gasteiger partial charge in [-0.05, 0) is 109 Å². The van der Waals surface area contributed by atoms with E-state index in [4.69, 9.17) is 81.3 Å². The van der Waals surface area contributed by atoms with Gasteiger partial charge < -0.3 is 62.8 Å². The number of hydrogen-bond acceptors (Lipinski definition) is 24. The normalized spacial score (nSPS) is 21.1. The van der Waals surface area contributed by atoms with E-state index in [1.807, 2.05) is 126 Å². The van der Waals surface area contributed by atoms with E-state index in [0.717, 1.165) is 112 Å². The summed E-state index contributed by atoms with van der Waals surface area (Å²) in [5.74, 6) is 3.91. The third-order valence-corrected chi connectivity index (χ3v) is 24.0. The highest BCUT2D eigenvalue weighted by atomic mass is 35.7. The molecule has 37 heteroatoms. The van der Waals surface area contributed by atoms with E-state index in [-0.39, 0.29) is 18.0 Å². The Kier molecular flexibility index (Phi) is 36.6. The Morgan fingerprint density at radius 3 is 1.27 bits per heavy atom. The van der Waals surface area contributed by atoms with Crippen molar-refractivity contribution in [3.05, 3.63) is 194 Å². The topological polar surface area (TPSA) is 432 Å². The molecule has 10 rings (SSSR count). The van der Waals surface area contributed by atoms with E-state index in [2.05, 4.69) is 41.0 Å². The van der Waals surface area contributed by atoms with Gasteiger partial charge >= 0.3 is 51.4 Å². The maximum Gasteiger partial charge on any atom is 0.459 e. The number of H-pyrrole nitrogens is 2. The molecule has 2 aromatic heterocycles. The number of ether oxygens (including phenoxy) is 5. The number of halogens is 3. The summed E-state index contributed by atoms with van der Waals surface area (Å²) in [4.78, 5) is 87.6. The highest BCUT2D eigenvalue weighted by molar-refractivity contribution is 7.84. The molecule has 2 fully saturated rings. The summed E-state index contributed by atoms with van der Waals surface area (Å²) in [6.07, 6.45) is 1.27. The second-order valence-corrected chi connectivity index (χ2v) is 34.6. The highest BCUT2D eigenvalue weighted by Gasteiger charge is 2.58. The Morgan fingerprint density at radius 2 is 0.879 bits per heavy atom. The van der Waals surface area contributed by atoms with E-state index in [1.54, 1.807) is 56.3 Å². The molecule has 0 amide bonds. The van der Waals surface area contributed by atoms with Crippen molar-refractivity contribution >= 4 is 107 Å². The van der Waals surface area contributed by atoms with Crippen molar-refractivity contribution in [3.63, 3.8) is 0 Å². The number of aromatic nitrogens is 4. The molecule has 31 nitrogen and oxygen atoms in total. The predicted octanol–water partition coefficient (Wildman–Crippen LogP) is 11.3. The molecule has 8 aromatic rings. The summed E-state index contributed by atoms with van der Waals surface area (Å²) in [6, 6.07) is 38.0. The lowest BCUT2D eigenvalue weighted by Gasteiger charge is -2.26. The van der Waals surface area contributed by atoms with Crippen molar-refractivity contribution in [2.24, 2.45) is 0 Å². The van der Waals surface area contributed by atoms with Crippen molar-refractivity contribution in [1.82, 2.24) is 34.4 Å². The molecule has 6 aromatic carbocycles. The summed E-state index contributed by atoms with van der Waals surface area (Å²) in [6.45, 7) is 10.3. The number of carbonyl (C=O) groups excluding carboxylic acids is 3. The highest BCUT2D eigenvalue weighted by Crippen LogP contribution is 2.52.